The second-order valence-electron chi connectivity index (χ2n) is 10.1. The molecule has 0 amide bonds. The summed E-state index contributed by atoms with van der Waals surface area (Å²) in [6.07, 6.45) is 27.8. The molecule has 0 aliphatic rings. The van der Waals surface area contributed by atoms with E-state index < -0.39 is 33.1 Å². The van der Waals surface area contributed by atoms with Gasteiger partial charge in [0.25, 0.3) is 0 Å². The number of hydrogen-bond acceptors (Lipinski definition) is 7. The fourth-order valence-corrected chi connectivity index (χ4v) is 4.92. The van der Waals surface area contributed by atoms with Crippen molar-refractivity contribution in [2.24, 2.45) is 5.73 Å². The average Bonchev–Trinajstić information content (AvgIpc) is 2.90. The van der Waals surface area contributed by atoms with Gasteiger partial charge in [-0.25, -0.2) is 4.57 Å². The number of allylic oxidation sites excluding steroid dienone is 2. The summed E-state index contributed by atoms with van der Waals surface area (Å²) < 4.78 is 26.0. The Kier molecular flexibility index (Phi) is 27.2. The maximum absolute atomic E-state index is 11.9. The molecule has 226 valence electrons. The average molecular weight is 564 g/mol. The van der Waals surface area contributed by atoms with Crippen molar-refractivity contribution in [2.45, 2.75) is 141 Å². The van der Waals surface area contributed by atoms with Gasteiger partial charge in [0.15, 0.2) is 0 Å². The molecule has 0 bridgehead atoms. The Bertz CT molecular complexity index is 603. The Balaban J connectivity index is 3.47. The zero-order valence-corrected chi connectivity index (χ0v) is 25.1. The summed E-state index contributed by atoms with van der Waals surface area (Å²) in [5.74, 6) is -0.448. The largest absolute Gasteiger partial charge is 0.472 e. The molecule has 9 heteroatoms. The number of phosphoric acid groups is 1. The van der Waals surface area contributed by atoms with E-state index in [-0.39, 0.29) is 19.6 Å². The van der Waals surface area contributed by atoms with Crippen molar-refractivity contribution in [1.82, 2.24) is 0 Å². The van der Waals surface area contributed by atoms with Crippen LogP contribution in [-0.2, 0) is 23.1 Å². The van der Waals surface area contributed by atoms with Crippen LogP contribution in [0.25, 0.3) is 0 Å². The first kappa shape index (κ1) is 37.2. The standard InChI is InChI=1S/C29H58NO7P/c1-2-3-4-5-6-7-8-9-10-11-12-13-14-15-16-17-18-19-20-21-22-23-29(32)37-28(26-31)27-36-38(33,34)35-25-24-30/h9-10,28,31H,2-8,11-27,30H2,1H3,(H,33,34)/b10-9-/t28-/m1/s1. The van der Waals surface area contributed by atoms with Gasteiger partial charge in [-0.3, -0.25) is 13.8 Å². The number of phosphoric ester groups is 1. The topological polar surface area (TPSA) is 128 Å². The number of unbranched alkanes of at least 4 members (excludes halogenated alkanes) is 17. The lowest BCUT2D eigenvalue weighted by molar-refractivity contribution is -0.153. The summed E-state index contributed by atoms with van der Waals surface area (Å²) in [7, 11) is -4.26. The molecule has 1 unspecified atom stereocenters. The molecule has 0 spiro atoms. The highest BCUT2D eigenvalue weighted by atomic mass is 31.2. The molecule has 2 atom stereocenters. The van der Waals surface area contributed by atoms with Crippen LogP contribution in [0.2, 0.25) is 0 Å². The van der Waals surface area contributed by atoms with Crippen molar-refractivity contribution in [1.29, 1.82) is 0 Å². The molecule has 0 aromatic heterocycles. The number of ether oxygens (including phenoxy) is 1. The lowest BCUT2D eigenvalue weighted by Gasteiger charge is -2.17. The molecule has 0 fully saturated rings. The molecule has 0 aliphatic heterocycles. The molecular weight excluding hydrogens is 505 g/mol. The minimum absolute atomic E-state index is 0.0734. The number of aliphatic hydroxyl groups is 1. The van der Waals surface area contributed by atoms with Crippen LogP contribution in [0.5, 0.6) is 0 Å². The molecule has 0 aliphatic carbocycles. The van der Waals surface area contributed by atoms with Crippen molar-refractivity contribution in [2.75, 3.05) is 26.4 Å². The van der Waals surface area contributed by atoms with Crippen LogP contribution >= 0.6 is 7.82 Å². The van der Waals surface area contributed by atoms with E-state index in [1.807, 2.05) is 0 Å². The van der Waals surface area contributed by atoms with Crippen molar-refractivity contribution in [3.05, 3.63) is 12.2 Å². The van der Waals surface area contributed by atoms with Crippen molar-refractivity contribution in [3.8, 4) is 0 Å². The van der Waals surface area contributed by atoms with E-state index in [1.165, 1.54) is 103 Å². The highest BCUT2D eigenvalue weighted by Gasteiger charge is 2.24. The Morgan fingerprint density at radius 1 is 0.789 bits per heavy atom. The van der Waals surface area contributed by atoms with E-state index in [0.29, 0.717) is 0 Å². The van der Waals surface area contributed by atoms with Crippen LogP contribution in [0.3, 0.4) is 0 Å². The summed E-state index contributed by atoms with van der Waals surface area (Å²) in [6.45, 7) is 1.29. The van der Waals surface area contributed by atoms with Gasteiger partial charge in [-0.05, 0) is 32.1 Å². The van der Waals surface area contributed by atoms with Gasteiger partial charge in [-0.15, -0.1) is 0 Å². The van der Waals surface area contributed by atoms with E-state index >= 15 is 0 Å². The summed E-state index contributed by atoms with van der Waals surface area (Å²) >= 11 is 0. The lowest BCUT2D eigenvalue weighted by Crippen LogP contribution is -2.27. The molecule has 4 N–H and O–H groups in total. The van der Waals surface area contributed by atoms with E-state index in [2.05, 4.69) is 23.6 Å². The van der Waals surface area contributed by atoms with Crippen LogP contribution in [-0.4, -0.2) is 48.4 Å². The van der Waals surface area contributed by atoms with Gasteiger partial charge < -0.3 is 20.5 Å². The first-order chi connectivity index (χ1) is 18.4. The third-order valence-electron chi connectivity index (χ3n) is 6.44. The second-order valence-corrected chi connectivity index (χ2v) is 11.6. The summed E-state index contributed by atoms with van der Waals surface area (Å²) in [4.78, 5) is 21.4. The quantitative estimate of drug-likeness (QED) is 0.0373. The molecule has 38 heavy (non-hydrogen) atoms. The number of rotatable bonds is 29. The van der Waals surface area contributed by atoms with Crippen LogP contribution in [0.1, 0.15) is 135 Å². The Morgan fingerprint density at radius 2 is 1.26 bits per heavy atom. The summed E-state index contributed by atoms with van der Waals surface area (Å²) in [6, 6.07) is 0. The SMILES string of the molecule is CCCCCCCC/C=C\CCCCCCCCCCCCCC(=O)O[C@H](CO)COP(=O)(O)OCCN. The minimum Gasteiger partial charge on any atom is -0.457 e. The van der Waals surface area contributed by atoms with E-state index in [0.717, 1.165) is 19.3 Å². The van der Waals surface area contributed by atoms with Gasteiger partial charge in [0.05, 0.1) is 19.8 Å². The number of esters is 1. The van der Waals surface area contributed by atoms with Crippen molar-refractivity contribution >= 4 is 13.8 Å². The fraction of sp³-hybridized carbons (Fsp3) is 0.897. The lowest BCUT2D eigenvalue weighted by atomic mass is 10.0. The normalized spacial score (nSPS) is 14.1. The molecule has 0 aromatic rings. The Labute approximate surface area is 232 Å². The van der Waals surface area contributed by atoms with Gasteiger partial charge in [0.1, 0.15) is 6.10 Å². The predicted octanol–water partition coefficient (Wildman–Crippen LogP) is 7.36. The number of carbonyl (C=O) groups excluding carboxylic acids is 1. The molecule has 0 radical (unpaired) electrons. The van der Waals surface area contributed by atoms with Gasteiger partial charge in [-0.1, -0.05) is 109 Å². The third-order valence-corrected chi connectivity index (χ3v) is 7.42. The van der Waals surface area contributed by atoms with Crippen molar-refractivity contribution in [3.63, 3.8) is 0 Å². The first-order valence-electron chi connectivity index (χ1n) is 15.2. The molecular formula is C29H58NO7P. The molecule has 0 saturated heterocycles. The number of hydrogen-bond donors (Lipinski definition) is 3. The number of aliphatic hydroxyl groups excluding tert-OH is 1. The minimum atomic E-state index is -4.26. The zero-order chi connectivity index (χ0) is 28.2. The Hall–Kier alpha value is -0.760. The third kappa shape index (κ3) is 26.8. The molecule has 0 aromatic carbocycles. The Morgan fingerprint density at radius 3 is 1.74 bits per heavy atom. The van der Waals surface area contributed by atoms with E-state index in [9.17, 15) is 19.4 Å². The van der Waals surface area contributed by atoms with Crippen LogP contribution in [0, 0.1) is 0 Å². The van der Waals surface area contributed by atoms with Crippen LogP contribution in [0.15, 0.2) is 12.2 Å². The van der Waals surface area contributed by atoms with Crippen molar-refractivity contribution < 1.29 is 33.1 Å². The highest BCUT2D eigenvalue weighted by Crippen LogP contribution is 2.42. The number of nitrogens with two attached hydrogens (primary N) is 1. The van der Waals surface area contributed by atoms with E-state index in [1.54, 1.807) is 0 Å². The summed E-state index contributed by atoms with van der Waals surface area (Å²) in [5, 5.41) is 9.30. The first-order valence-corrected chi connectivity index (χ1v) is 16.7. The molecule has 0 rings (SSSR count). The van der Waals surface area contributed by atoms with Crippen LogP contribution in [0.4, 0.5) is 0 Å². The maximum Gasteiger partial charge on any atom is 0.472 e. The zero-order valence-electron chi connectivity index (χ0n) is 24.2. The molecule has 0 heterocycles. The van der Waals surface area contributed by atoms with Gasteiger partial charge >= 0.3 is 13.8 Å². The van der Waals surface area contributed by atoms with Crippen LogP contribution < -0.4 is 5.73 Å². The number of carbonyl (C=O) groups is 1. The summed E-state index contributed by atoms with van der Waals surface area (Å²) in [5.41, 5.74) is 5.21. The van der Waals surface area contributed by atoms with Gasteiger partial charge in [0, 0.05) is 13.0 Å². The van der Waals surface area contributed by atoms with Gasteiger partial charge in [-0.2, -0.15) is 0 Å². The predicted molar refractivity (Wildman–Crippen MR) is 155 cm³/mol. The second kappa shape index (κ2) is 27.8. The van der Waals surface area contributed by atoms with E-state index in [4.69, 9.17) is 15.0 Å². The molecule has 0 saturated carbocycles. The highest BCUT2D eigenvalue weighted by molar-refractivity contribution is 7.47. The molecule has 8 nitrogen and oxygen atoms in total. The van der Waals surface area contributed by atoms with Gasteiger partial charge in [0.2, 0.25) is 0 Å². The smallest absolute Gasteiger partial charge is 0.457 e. The maximum atomic E-state index is 11.9. The fourth-order valence-electron chi connectivity index (χ4n) is 4.15. The monoisotopic (exact) mass is 563 g/mol.